The van der Waals surface area contributed by atoms with Gasteiger partial charge in [-0.05, 0) is 55.7 Å². The summed E-state index contributed by atoms with van der Waals surface area (Å²) in [5.41, 5.74) is 3.95. The number of hydrogen-bond acceptors (Lipinski definition) is 5. The normalized spacial score (nSPS) is 10.9. The van der Waals surface area contributed by atoms with Crippen LogP contribution in [0, 0.1) is 12.3 Å². The van der Waals surface area contributed by atoms with Gasteiger partial charge < -0.3 is 14.2 Å². The van der Waals surface area contributed by atoms with E-state index in [2.05, 4.69) is 36.9 Å². The molecule has 6 nitrogen and oxygen atoms in total. The molecule has 0 N–H and O–H groups in total. The Labute approximate surface area is 217 Å². The van der Waals surface area contributed by atoms with Gasteiger partial charge in [-0.2, -0.15) is 4.98 Å². The summed E-state index contributed by atoms with van der Waals surface area (Å²) in [4.78, 5) is 18.0. The molecule has 0 fully saturated rings. The van der Waals surface area contributed by atoms with Gasteiger partial charge in [-0.15, -0.1) is 6.42 Å². The van der Waals surface area contributed by atoms with Crippen LogP contribution in [0.5, 0.6) is 17.2 Å². The minimum Gasteiger partial charge on any atom is -0.494 e. The first kappa shape index (κ1) is 25.8. The van der Waals surface area contributed by atoms with Crippen molar-refractivity contribution < 1.29 is 14.2 Å². The minimum absolute atomic E-state index is 0.154. The molecule has 4 aromatic rings. The fourth-order valence-electron chi connectivity index (χ4n) is 4.26. The van der Waals surface area contributed by atoms with Crippen molar-refractivity contribution in [3.63, 3.8) is 0 Å². The lowest BCUT2D eigenvalue weighted by molar-refractivity contribution is 0.320. The Balaban J connectivity index is 1.86. The molecule has 0 aliphatic heterocycles. The van der Waals surface area contributed by atoms with Gasteiger partial charge in [-0.25, -0.2) is 4.79 Å². The molecule has 0 unspecified atom stereocenters. The van der Waals surface area contributed by atoms with Crippen molar-refractivity contribution >= 4 is 10.9 Å². The molecule has 0 radical (unpaired) electrons. The Morgan fingerprint density at radius 1 is 0.919 bits per heavy atom. The van der Waals surface area contributed by atoms with Gasteiger partial charge in [0.1, 0.15) is 23.9 Å². The standard InChI is InChI=1S/C31H32N2O4/c1-6-17-37-25-15-16-28-27(18-25)30(23-11-9-22(10-12-23)21(4)5)32-31(34)33(28)20-24-13-14-26(35-7-2)19-29(24)36-8-3/h1,9-16,18-19,21H,7-8,17,20H2,2-5H3. The quantitative estimate of drug-likeness (QED) is 0.250. The van der Waals surface area contributed by atoms with E-state index in [1.54, 1.807) is 4.57 Å². The molecule has 0 bridgehead atoms. The number of fused-ring (bicyclic) bond motifs is 1. The Hall–Kier alpha value is -4.24. The van der Waals surface area contributed by atoms with E-state index in [4.69, 9.17) is 20.6 Å². The second-order valence-electron chi connectivity index (χ2n) is 8.91. The molecule has 0 aliphatic rings. The van der Waals surface area contributed by atoms with Crippen LogP contribution in [-0.4, -0.2) is 29.4 Å². The number of nitrogens with zero attached hydrogens (tertiary/aromatic N) is 2. The van der Waals surface area contributed by atoms with Gasteiger partial charge >= 0.3 is 5.69 Å². The molecule has 4 rings (SSSR count). The second kappa shape index (κ2) is 11.7. The molecular formula is C31H32N2O4. The highest BCUT2D eigenvalue weighted by Crippen LogP contribution is 2.31. The predicted octanol–water partition coefficient (Wildman–Crippen LogP) is 6.04. The van der Waals surface area contributed by atoms with Crippen molar-refractivity contribution in [3.05, 3.63) is 82.3 Å². The maximum Gasteiger partial charge on any atom is 0.348 e. The van der Waals surface area contributed by atoms with Gasteiger partial charge in [0.25, 0.3) is 0 Å². The second-order valence-corrected chi connectivity index (χ2v) is 8.91. The largest absolute Gasteiger partial charge is 0.494 e. The first-order valence-corrected chi connectivity index (χ1v) is 12.5. The summed E-state index contributed by atoms with van der Waals surface area (Å²) in [6, 6.07) is 19.4. The van der Waals surface area contributed by atoms with E-state index in [9.17, 15) is 4.79 Å². The van der Waals surface area contributed by atoms with Gasteiger partial charge in [0.15, 0.2) is 0 Å². The summed E-state index contributed by atoms with van der Waals surface area (Å²) in [5, 5.41) is 0.801. The van der Waals surface area contributed by atoms with E-state index in [0.717, 1.165) is 27.8 Å². The average molecular weight is 497 g/mol. The van der Waals surface area contributed by atoms with Crippen LogP contribution in [-0.2, 0) is 6.54 Å². The van der Waals surface area contributed by atoms with Crippen molar-refractivity contribution in [3.8, 4) is 40.8 Å². The SMILES string of the molecule is C#CCOc1ccc2c(c1)c(-c1ccc(C(C)C)cc1)nc(=O)n2Cc1ccc(OCC)cc1OCC. The fraction of sp³-hybridized carbons (Fsp3) is 0.290. The number of ether oxygens (including phenoxy) is 3. The molecule has 37 heavy (non-hydrogen) atoms. The molecule has 1 heterocycles. The summed E-state index contributed by atoms with van der Waals surface area (Å²) in [5.74, 6) is 4.92. The third-order valence-corrected chi connectivity index (χ3v) is 6.10. The Bertz CT molecular complexity index is 1480. The molecule has 0 amide bonds. The van der Waals surface area contributed by atoms with Gasteiger partial charge in [0.05, 0.1) is 31.0 Å². The van der Waals surface area contributed by atoms with Crippen LogP contribution in [0.25, 0.3) is 22.2 Å². The maximum atomic E-state index is 13.4. The van der Waals surface area contributed by atoms with E-state index >= 15 is 0 Å². The summed E-state index contributed by atoms with van der Waals surface area (Å²) in [6.45, 7) is 9.66. The van der Waals surface area contributed by atoms with E-state index < -0.39 is 0 Å². The van der Waals surface area contributed by atoms with E-state index in [-0.39, 0.29) is 12.3 Å². The first-order chi connectivity index (χ1) is 17.9. The molecule has 190 valence electrons. The molecule has 0 saturated heterocycles. The minimum atomic E-state index is -0.343. The number of rotatable bonds is 10. The fourth-order valence-corrected chi connectivity index (χ4v) is 4.26. The average Bonchev–Trinajstić information content (AvgIpc) is 2.90. The lowest BCUT2D eigenvalue weighted by atomic mass is 9.99. The highest BCUT2D eigenvalue weighted by atomic mass is 16.5. The van der Waals surface area contributed by atoms with Crippen molar-refractivity contribution in [2.45, 2.75) is 40.2 Å². The van der Waals surface area contributed by atoms with E-state index in [1.165, 1.54) is 5.56 Å². The Morgan fingerprint density at radius 2 is 1.62 bits per heavy atom. The summed E-state index contributed by atoms with van der Waals surface area (Å²) >= 11 is 0. The number of benzene rings is 3. The van der Waals surface area contributed by atoms with E-state index in [0.29, 0.717) is 42.9 Å². The summed E-state index contributed by atoms with van der Waals surface area (Å²) < 4.78 is 18.9. The third kappa shape index (κ3) is 5.78. The molecule has 0 saturated carbocycles. The van der Waals surface area contributed by atoms with Gasteiger partial charge in [-0.1, -0.05) is 44.0 Å². The topological polar surface area (TPSA) is 62.6 Å². The zero-order valence-corrected chi connectivity index (χ0v) is 21.8. The zero-order chi connectivity index (χ0) is 26.4. The molecule has 3 aromatic carbocycles. The van der Waals surface area contributed by atoms with Crippen molar-refractivity contribution in [2.75, 3.05) is 19.8 Å². The van der Waals surface area contributed by atoms with Crippen LogP contribution in [0.15, 0.2) is 65.5 Å². The molecule has 6 heteroatoms. The third-order valence-electron chi connectivity index (χ3n) is 6.10. The van der Waals surface area contributed by atoms with Crippen LogP contribution in [0.3, 0.4) is 0 Å². The van der Waals surface area contributed by atoms with Gasteiger partial charge in [0.2, 0.25) is 0 Å². The zero-order valence-electron chi connectivity index (χ0n) is 21.8. The predicted molar refractivity (Wildman–Crippen MR) is 148 cm³/mol. The smallest absolute Gasteiger partial charge is 0.348 e. The Kier molecular flexibility index (Phi) is 8.15. The van der Waals surface area contributed by atoms with Crippen LogP contribution < -0.4 is 19.9 Å². The summed E-state index contributed by atoms with van der Waals surface area (Å²) in [6.07, 6.45) is 5.39. The highest BCUT2D eigenvalue weighted by molar-refractivity contribution is 5.93. The lowest BCUT2D eigenvalue weighted by Crippen LogP contribution is -2.25. The molecule has 0 spiro atoms. The van der Waals surface area contributed by atoms with Gasteiger partial charge in [0, 0.05) is 22.6 Å². The lowest BCUT2D eigenvalue weighted by Gasteiger charge is -2.17. The van der Waals surface area contributed by atoms with Crippen LogP contribution in [0.4, 0.5) is 0 Å². The van der Waals surface area contributed by atoms with Crippen molar-refractivity contribution in [1.29, 1.82) is 0 Å². The van der Waals surface area contributed by atoms with Crippen LogP contribution in [0.2, 0.25) is 0 Å². The monoisotopic (exact) mass is 496 g/mol. The highest BCUT2D eigenvalue weighted by Gasteiger charge is 2.16. The number of terminal acetylenes is 1. The van der Waals surface area contributed by atoms with Crippen LogP contribution in [0.1, 0.15) is 44.7 Å². The molecule has 0 aliphatic carbocycles. The van der Waals surface area contributed by atoms with Crippen molar-refractivity contribution in [2.24, 2.45) is 0 Å². The van der Waals surface area contributed by atoms with Gasteiger partial charge in [-0.3, -0.25) is 4.57 Å². The van der Waals surface area contributed by atoms with E-state index in [1.807, 2.05) is 62.4 Å². The number of hydrogen-bond donors (Lipinski definition) is 0. The van der Waals surface area contributed by atoms with Crippen LogP contribution >= 0.6 is 0 Å². The first-order valence-electron chi connectivity index (χ1n) is 12.5. The summed E-state index contributed by atoms with van der Waals surface area (Å²) in [7, 11) is 0. The molecule has 0 atom stereocenters. The molecular weight excluding hydrogens is 464 g/mol. The van der Waals surface area contributed by atoms with Crippen molar-refractivity contribution in [1.82, 2.24) is 9.55 Å². The Morgan fingerprint density at radius 3 is 2.30 bits per heavy atom. The molecule has 1 aromatic heterocycles. The number of aromatic nitrogens is 2. The maximum absolute atomic E-state index is 13.4.